The van der Waals surface area contributed by atoms with Crippen molar-refractivity contribution in [1.29, 1.82) is 0 Å². The van der Waals surface area contributed by atoms with Crippen molar-refractivity contribution in [2.24, 2.45) is 0 Å². The van der Waals surface area contributed by atoms with E-state index in [4.69, 9.17) is 4.74 Å². The van der Waals surface area contributed by atoms with Gasteiger partial charge in [0.05, 0.1) is 0 Å². The molecule has 0 N–H and O–H groups in total. The van der Waals surface area contributed by atoms with Crippen LogP contribution in [-0.2, 0) is 9.53 Å². The van der Waals surface area contributed by atoms with Gasteiger partial charge < -0.3 is 4.74 Å². The van der Waals surface area contributed by atoms with E-state index in [9.17, 15) is 4.79 Å². The number of carbonyl (C=O) groups excluding carboxylic acids is 1. The topological polar surface area (TPSA) is 26.3 Å². The first-order valence-corrected chi connectivity index (χ1v) is 6.80. The van der Waals surface area contributed by atoms with Crippen LogP contribution in [0, 0.1) is 0 Å². The van der Waals surface area contributed by atoms with Crippen molar-refractivity contribution in [3.8, 4) is 0 Å². The monoisotopic (exact) mass is 256 g/mol. The van der Waals surface area contributed by atoms with Crippen LogP contribution in [0.2, 0.25) is 0 Å². The molecule has 0 aliphatic carbocycles. The Morgan fingerprint density at radius 3 is 2.37 bits per heavy atom. The summed E-state index contributed by atoms with van der Waals surface area (Å²) in [5, 5.41) is 0. The van der Waals surface area contributed by atoms with E-state index in [0.717, 1.165) is 29.7 Å². The lowest BCUT2D eigenvalue weighted by Gasteiger charge is -2.29. The highest BCUT2D eigenvalue weighted by Gasteiger charge is 2.38. The second-order valence-electron chi connectivity index (χ2n) is 4.89. The molecule has 1 aromatic carbocycles. The zero-order valence-corrected chi connectivity index (χ0v) is 11.8. The predicted molar refractivity (Wildman–Crippen MR) is 77.6 cm³/mol. The van der Waals surface area contributed by atoms with Crippen LogP contribution in [-0.4, -0.2) is 11.4 Å². The summed E-state index contributed by atoms with van der Waals surface area (Å²) in [6.07, 6.45) is 5.41. The molecule has 2 nitrogen and oxygen atoms in total. The smallest absolute Gasteiger partial charge is 0.153 e. The Balaban J connectivity index is 2.43. The third kappa shape index (κ3) is 2.62. The fourth-order valence-corrected chi connectivity index (χ4v) is 2.51. The fourth-order valence-electron chi connectivity index (χ4n) is 2.51. The number of ketones is 1. The van der Waals surface area contributed by atoms with Crippen LogP contribution in [0.4, 0.5) is 0 Å². The molecule has 0 bridgehead atoms. The van der Waals surface area contributed by atoms with Crippen LogP contribution in [0.5, 0.6) is 0 Å². The normalized spacial score (nSPS) is 19.1. The maximum absolute atomic E-state index is 11.4. The molecule has 0 amide bonds. The van der Waals surface area contributed by atoms with Crippen LogP contribution in [0.25, 0.3) is 5.76 Å². The first kappa shape index (κ1) is 13.6. The number of allylic oxidation sites excluding steroid dienone is 1. The lowest BCUT2D eigenvalue weighted by molar-refractivity contribution is -0.112. The quantitative estimate of drug-likeness (QED) is 0.757. The minimum atomic E-state index is -0.350. The highest BCUT2D eigenvalue weighted by molar-refractivity contribution is 5.89. The molecule has 0 atom stereocenters. The van der Waals surface area contributed by atoms with Crippen molar-refractivity contribution in [1.82, 2.24) is 0 Å². The van der Waals surface area contributed by atoms with E-state index in [1.165, 1.54) is 0 Å². The zero-order valence-electron chi connectivity index (χ0n) is 11.8. The van der Waals surface area contributed by atoms with Crippen molar-refractivity contribution >= 4 is 11.5 Å². The highest BCUT2D eigenvalue weighted by Crippen LogP contribution is 2.42. The van der Waals surface area contributed by atoms with Gasteiger partial charge in [0.2, 0.25) is 0 Å². The van der Waals surface area contributed by atoms with E-state index in [1.807, 2.05) is 36.4 Å². The van der Waals surface area contributed by atoms with Gasteiger partial charge >= 0.3 is 0 Å². The molecule has 100 valence electrons. The molecule has 0 spiro atoms. The van der Waals surface area contributed by atoms with E-state index in [-0.39, 0.29) is 11.4 Å². The molecule has 0 radical (unpaired) electrons. The number of hydrogen-bond donors (Lipinski definition) is 0. The standard InChI is InChI=1S/C17H20O2/c1-4-17(5-2)15(11-13(3)18)12-16(19-17)14-9-7-6-8-10-14/h6-12H,4-5H2,1-3H3/b15-11+. The van der Waals surface area contributed by atoms with E-state index in [2.05, 4.69) is 13.8 Å². The molecule has 0 aromatic heterocycles. The van der Waals surface area contributed by atoms with Crippen molar-refractivity contribution in [2.45, 2.75) is 39.2 Å². The van der Waals surface area contributed by atoms with Gasteiger partial charge in [-0.3, -0.25) is 4.79 Å². The second kappa shape index (κ2) is 5.43. The molecule has 2 rings (SSSR count). The van der Waals surface area contributed by atoms with E-state index >= 15 is 0 Å². The molecule has 2 heteroatoms. The van der Waals surface area contributed by atoms with Crippen LogP contribution in [0.15, 0.2) is 48.1 Å². The summed E-state index contributed by atoms with van der Waals surface area (Å²) >= 11 is 0. The molecule has 1 aromatic rings. The Morgan fingerprint density at radius 2 is 1.84 bits per heavy atom. The van der Waals surface area contributed by atoms with Gasteiger partial charge in [-0.1, -0.05) is 44.2 Å². The van der Waals surface area contributed by atoms with Crippen molar-refractivity contribution < 1.29 is 9.53 Å². The second-order valence-corrected chi connectivity index (χ2v) is 4.89. The number of hydrogen-bond acceptors (Lipinski definition) is 2. The molecular formula is C17H20O2. The molecule has 19 heavy (non-hydrogen) atoms. The van der Waals surface area contributed by atoms with E-state index in [1.54, 1.807) is 13.0 Å². The molecule has 1 aliphatic heterocycles. The Kier molecular flexibility index (Phi) is 3.89. The lowest BCUT2D eigenvalue weighted by atomic mass is 9.88. The number of benzene rings is 1. The Hall–Kier alpha value is -1.83. The Labute approximate surface area is 114 Å². The summed E-state index contributed by atoms with van der Waals surface area (Å²) in [6.45, 7) is 5.77. The summed E-state index contributed by atoms with van der Waals surface area (Å²) in [6, 6.07) is 10.0. The van der Waals surface area contributed by atoms with Gasteiger partial charge in [-0.15, -0.1) is 0 Å². The summed E-state index contributed by atoms with van der Waals surface area (Å²) in [5.41, 5.74) is 1.70. The molecule has 0 fully saturated rings. The number of ether oxygens (including phenoxy) is 1. The largest absolute Gasteiger partial charge is 0.482 e. The Morgan fingerprint density at radius 1 is 1.21 bits per heavy atom. The first-order valence-electron chi connectivity index (χ1n) is 6.80. The molecule has 0 saturated carbocycles. The Bertz CT molecular complexity index is 519. The van der Waals surface area contributed by atoms with Crippen molar-refractivity contribution in [3.05, 3.63) is 53.6 Å². The maximum atomic E-state index is 11.4. The summed E-state index contributed by atoms with van der Waals surface area (Å²) in [4.78, 5) is 11.4. The molecular weight excluding hydrogens is 236 g/mol. The van der Waals surface area contributed by atoms with Crippen LogP contribution >= 0.6 is 0 Å². The van der Waals surface area contributed by atoms with Crippen LogP contribution in [0.3, 0.4) is 0 Å². The van der Waals surface area contributed by atoms with Crippen molar-refractivity contribution in [2.75, 3.05) is 0 Å². The van der Waals surface area contributed by atoms with Crippen LogP contribution in [0.1, 0.15) is 39.2 Å². The molecule has 0 unspecified atom stereocenters. The minimum Gasteiger partial charge on any atom is -0.482 e. The van der Waals surface area contributed by atoms with E-state index < -0.39 is 0 Å². The van der Waals surface area contributed by atoms with Crippen molar-refractivity contribution in [3.63, 3.8) is 0 Å². The fraction of sp³-hybridized carbons (Fsp3) is 0.353. The van der Waals surface area contributed by atoms with E-state index in [0.29, 0.717) is 0 Å². The zero-order chi connectivity index (χ0) is 13.9. The molecule has 0 saturated heterocycles. The number of carbonyl (C=O) groups is 1. The first-order chi connectivity index (χ1) is 9.11. The third-order valence-electron chi connectivity index (χ3n) is 3.68. The van der Waals surface area contributed by atoms with Gasteiger partial charge in [-0.05, 0) is 31.9 Å². The highest BCUT2D eigenvalue weighted by atomic mass is 16.5. The van der Waals surface area contributed by atoms with Crippen LogP contribution < -0.4 is 0 Å². The van der Waals surface area contributed by atoms with Gasteiger partial charge in [0.25, 0.3) is 0 Å². The third-order valence-corrected chi connectivity index (χ3v) is 3.68. The summed E-state index contributed by atoms with van der Waals surface area (Å²) in [5.74, 6) is 0.923. The summed E-state index contributed by atoms with van der Waals surface area (Å²) in [7, 11) is 0. The van der Waals surface area contributed by atoms with Gasteiger partial charge in [0.15, 0.2) is 5.78 Å². The SMILES string of the molecule is CCC1(CC)OC(c2ccccc2)=C/C1=C\C(C)=O. The average molecular weight is 256 g/mol. The molecule has 1 aliphatic rings. The molecule has 1 heterocycles. The lowest BCUT2D eigenvalue weighted by Crippen LogP contribution is -2.28. The van der Waals surface area contributed by atoms with Gasteiger partial charge in [0.1, 0.15) is 11.4 Å². The van der Waals surface area contributed by atoms with Gasteiger partial charge in [0, 0.05) is 11.1 Å². The van der Waals surface area contributed by atoms with Gasteiger partial charge in [-0.2, -0.15) is 0 Å². The average Bonchev–Trinajstić information content (AvgIpc) is 2.78. The number of rotatable bonds is 4. The summed E-state index contributed by atoms with van der Waals surface area (Å²) < 4.78 is 6.19. The minimum absolute atomic E-state index is 0.0652. The predicted octanol–water partition coefficient (Wildman–Crippen LogP) is 4.13. The van der Waals surface area contributed by atoms with Gasteiger partial charge in [-0.25, -0.2) is 0 Å². The maximum Gasteiger partial charge on any atom is 0.153 e.